The molecule has 0 spiro atoms. The average Bonchev–Trinajstić information content (AvgIpc) is 2.34. The first kappa shape index (κ1) is 15.7. The molecule has 0 aromatic carbocycles. The molecule has 0 radical (unpaired) electrons. The summed E-state index contributed by atoms with van der Waals surface area (Å²) in [5.41, 5.74) is 4.78. The van der Waals surface area contributed by atoms with E-state index >= 15 is 0 Å². The van der Waals surface area contributed by atoms with Gasteiger partial charge in [0, 0.05) is 5.92 Å². The number of primary amides is 1. The molecule has 5 nitrogen and oxygen atoms in total. The van der Waals surface area contributed by atoms with Gasteiger partial charge in [-0.3, -0.25) is 14.4 Å². The molecule has 1 aliphatic carbocycles. The predicted octanol–water partition coefficient (Wildman–Crippen LogP) is 1.15. The second kappa shape index (κ2) is 6.17. The minimum atomic E-state index is -0.826. The number of hydrogen-bond acceptors (Lipinski definition) is 3. The number of amides is 2. The lowest BCUT2D eigenvalue weighted by atomic mass is 9.84. The van der Waals surface area contributed by atoms with E-state index in [0.717, 1.165) is 32.1 Å². The van der Waals surface area contributed by atoms with Crippen LogP contribution in [0.3, 0.4) is 0 Å². The maximum Gasteiger partial charge on any atom is 0.288 e. The van der Waals surface area contributed by atoms with Crippen LogP contribution in [0, 0.1) is 11.3 Å². The van der Waals surface area contributed by atoms with E-state index in [9.17, 15) is 14.4 Å². The standard InChI is InChI=1S/C14H24N2O3/c1-14(2,3)11(12(15)18)16-13(19)10(17)9-7-5-4-6-8-9/h9,11H,4-8H2,1-3H3,(H2,15,18)(H,16,19)/t11-/m1/s1. The summed E-state index contributed by atoms with van der Waals surface area (Å²) in [4.78, 5) is 35.3. The highest BCUT2D eigenvalue weighted by molar-refractivity contribution is 6.37. The number of nitrogens with one attached hydrogen (secondary N) is 1. The molecule has 2 amide bonds. The molecule has 0 saturated heterocycles. The zero-order valence-electron chi connectivity index (χ0n) is 12.0. The molecule has 108 valence electrons. The summed E-state index contributed by atoms with van der Waals surface area (Å²) >= 11 is 0. The van der Waals surface area contributed by atoms with Crippen LogP contribution in [0.2, 0.25) is 0 Å². The molecule has 0 aliphatic heterocycles. The quantitative estimate of drug-likeness (QED) is 0.749. The summed E-state index contributed by atoms with van der Waals surface area (Å²) in [7, 11) is 0. The van der Waals surface area contributed by atoms with Crippen molar-refractivity contribution >= 4 is 17.6 Å². The highest BCUT2D eigenvalue weighted by Gasteiger charge is 2.34. The largest absolute Gasteiger partial charge is 0.368 e. The number of Topliss-reactive ketones (excluding diaryl/α,β-unsaturated/α-hetero) is 1. The summed E-state index contributed by atoms with van der Waals surface area (Å²) in [6.07, 6.45) is 4.63. The van der Waals surface area contributed by atoms with E-state index in [1.165, 1.54) is 0 Å². The lowest BCUT2D eigenvalue weighted by molar-refractivity contribution is -0.142. The van der Waals surface area contributed by atoms with E-state index in [1.54, 1.807) is 20.8 Å². The van der Waals surface area contributed by atoms with Crippen LogP contribution >= 0.6 is 0 Å². The number of ketones is 1. The van der Waals surface area contributed by atoms with Crippen LogP contribution in [0.15, 0.2) is 0 Å². The van der Waals surface area contributed by atoms with Crippen molar-refractivity contribution in [2.24, 2.45) is 17.1 Å². The molecule has 1 aliphatic rings. The van der Waals surface area contributed by atoms with Gasteiger partial charge in [0.2, 0.25) is 11.7 Å². The van der Waals surface area contributed by atoms with Crippen molar-refractivity contribution in [3.8, 4) is 0 Å². The normalized spacial score (nSPS) is 18.7. The summed E-state index contributed by atoms with van der Waals surface area (Å²) in [5.74, 6) is -1.89. The Morgan fingerprint density at radius 1 is 1.11 bits per heavy atom. The smallest absolute Gasteiger partial charge is 0.288 e. The summed E-state index contributed by atoms with van der Waals surface area (Å²) in [6, 6.07) is -0.826. The lowest BCUT2D eigenvalue weighted by Gasteiger charge is -2.29. The Morgan fingerprint density at radius 3 is 2.05 bits per heavy atom. The van der Waals surface area contributed by atoms with E-state index < -0.39 is 29.1 Å². The Balaban J connectivity index is 2.66. The van der Waals surface area contributed by atoms with Crippen LogP contribution in [0.5, 0.6) is 0 Å². The number of nitrogens with two attached hydrogens (primary N) is 1. The molecular weight excluding hydrogens is 244 g/mol. The third-order valence-corrected chi connectivity index (χ3v) is 3.63. The number of hydrogen-bond donors (Lipinski definition) is 2. The van der Waals surface area contributed by atoms with Crippen LogP contribution in [-0.2, 0) is 14.4 Å². The van der Waals surface area contributed by atoms with E-state index in [2.05, 4.69) is 5.32 Å². The van der Waals surface area contributed by atoms with Gasteiger partial charge in [0.25, 0.3) is 5.91 Å². The van der Waals surface area contributed by atoms with Crippen molar-refractivity contribution in [1.82, 2.24) is 5.32 Å². The average molecular weight is 268 g/mol. The monoisotopic (exact) mass is 268 g/mol. The third-order valence-electron chi connectivity index (χ3n) is 3.63. The first-order chi connectivity index (χ1) is 8.73. The van der Waals surface area contributed by atoms with Gasteiger partial charge in [-0.1, -0.05) is 40.0 Å². The Bertz CT molecular complexity index is 365. The number of carbonyl (C=O) groups excluding carboxylic acids is 3. The van der Waals surface area contributed by atoms with Gasteiger partial charge in [0.15, 0.2) is 0 Å². The molecule has 0 unspecified atom stereocenters. The SMILES string of the molecule is CC(C)(C)[C@H](NC(=O)C(=O)C1CCCCC1)C(N)=O. The molecule has 5 heteroatoms. The molecule has 1 fully saturated rings. The zero-order valence-corrected chi connectivity index (χ0v) is 12.0. The van der Waals surface area contributed by atoms with Gasteiger partial charge < -0.3 is 11.1 Å². The van der Waals surface area contributed by atoms with Crippen molar-refractivity contribution < 1.29 is 14.4 Å². The van der Waals surface area contributed by atoms with Gasteiger partial charge in [0.05, 0.1) is 0 Å². The van der Waals surface area contributed by atoms with Crippen molar-refractivity contribution in [2.75, 3.05) is 0 Å². The molecule has 19 heavy (non-hydrogen) atoms. The maximum absolute atomic E-state index is 12.0. The molecular formula is C14H24N2O3. The van der Waals surface area contributed by atoms with Gasteiger partial charge >= 0.3 is 0 Å². The molecule has 1 saturated carbocycles. The van der Waals surface area contributed by atoms with Crippen LogP contribution in [0.1, 0.15) is 52.9 Å². The molecule has 0 heterocycles. The zero-order chi connectivity index (χ0) is 14.6. The first-order valence-corrected chi connectivity index (χ1v) is 6.87. The minimum Gasteiger partial charge on any atom is -0.368 e. The van der Waals surface area contributed by atoms with Crippen LogP contribution in [0.25, 0.3) is 0 Å². The number of carbonyl (C=O) groups is 3. The highest BCUT2D eigenvalue weighted by atomic mass is 16.2. The van der Waals surface area contributed by atoms with E-state index in [0.29, 0.717) is 0 Å². The van der Waals surface area contributed by atoms with Crippen molar-refractivity contribution in [3.63, 3.8) is 0 Å². The van der Waals surface area contributed by atoms with Crippen LogP contribution < -0.4 is 11.1 Å². The molecule has 1 atom stereocenters. The van der Waals surface area contributed by atoms with Gasteiger partial charge in [0.1, 0.15) is 6.04 Å². The molecule has 0 aromatic rings. The fourth-order valence-electron chi connectivity index (χ4n) is 2.47. The van der Waals surface area contributed by atoms with Gasteiger partial charge in [-0.2, -0.15) is 0 Å². The van der Waals surface area contributed by atoms with E-state index in [-0.39, 0.29) is 5.92 Å². The number of rotatable bonds is 4. The summed E-state index contributed by atoms with van der Waals surface area (Å²) < 4.78 is 0. The van der Waals surface area contributed by atoms with E-state index in [4.69, 9.17) is 5.73 Å². The Morgan fingerprint density at radius 2 is 1.63 bits per heavy atom. The maximum atomic E-state index is 12.0. The minimum absolute atomic E-state index is 0.192. The molecule has 0 aromatic heterocycles. The molecule has 1 rings (SSSR count). The second-order valence-corrected chi connectivity index (χ2v) is 6.37. The Labute approximate surface area is 114 Å². The predicted molar refractivity (Wildman–Crippen MR) is 72.2 cm³/mol. The van der Waals surface area contributed by atoms with Crippen molar-refractivity contribution in [2.45, 2.75) is 58.9 Å². The van der Waals surface area contributed by atoms with Crippen molar-refractivity contribution in [3.05, 3.63) is 0 Å². The van der Waals surface area contributed by atoms with E-state index in [1.807, 2.05) is 0 Å². The lowest BCUT2D eigenvalue weighted by Crippen LogP contribution is -2.54. The van der Waals surface area contributed by atoms with Crippen molar-refractivity contribution in [1.29, 1.82) is 0 Å². The fraction of sp³-hybridized carbons (Fsp3) is 0.786. The van der Waals surface area contributed by atoms with Gasteiger partial charge in [-0.15, -0.1) is 0 Å². The van der Waals surface area contributed by atoms with Crippen LogP contribution in [-0.4, -0.2) is 23.6 Å². The van der Waals surface area contributed by atoms with Gasteiger partial charge in [-0.25, -0.2) is 0 Å². The first-order valence-electron chi connectivity index (χ1n) is 6.87. The molecule has 0 bridgehead atoms. The topological polar surface area (TPSA) is 89.3 Å². The molecule has 3 N–H and O–H groups in total. The summed E-state index contributed by atoms with van der Waals surface area (Å²) in [6.45, 7) is 5.40. The van der Waals surface area contributed by atoms with Crippen LogP contribution in [0.4, 0.5) is 0 Å². The Kier molecular flexibility index (Phi) is 5.09. The Hall–Kier alpha value is -1.39. The third kappa shape index (κ3) is 4.33. The fourth-order valence-corrected chi connectivity index (χ4v) is 2.47. The highest BCUT2D eigenvalue weighted by Crippen LogP contribution is 2.25. The van der Waals surface area contributed by atoms with Gasteiger partial charge in [-0.05, 0) is 18.3 Å². The summed E-state index contributed by atoms with van der Waals surface area (Å²) in [5, 5.41) is 2.49. The second-order valence-electron chi connectivity index (χ2n) is 6.37.